The first-order valence-electron chi connectivity index (χ1n) is 6.29. The molecule has 4 heteroatoms. The molecule has 2 aliphatic rings. The summed E-state index contributed by atoms with van der Waals surface area (Å²) < 4.78 is 0.626. The van der Waals surface area contributed by atoms with Crippen LogP contribution in [-0.4, -0.2) is 17.6 Å². The average Bonchev–Trinajstić information content (AvgIpc) is 2.87. The molecule has 0 unspecified atom stereocenters. The topological polar surface area (TPSA) is 48.7 Å². The Hall–Kier alpha value is -1.18. The largest absolute Gasteiger partial charge is 0.310 e. The molecule has 92 valence electrons. The molecule has 0 radical (unpaired) electrons. The first-order valence-corrected chi connectivity index (χ1v) is 7.08. The molecule has 1 fully saturated rings. The van der Waals surface area contributed by atoms with Crippen molar-refractivity contribution in [2.45, 2.75) is 25.3 Å². The van der Waals surface area contributed by atoms with Gasteiger partial charge in [0, 0.05) is 12.2 Å². The fourth-order valence-corrected chi connectivity index (χ4v) is 3.30. The highest BCUT2D eigenvalue weighted by molar-refractivity contribution is 9.10. The quantitative estimate of drug-likeness (QED) is 0.812. The lowest BCUT2D eigenvalue weighted by molar-refractivity contribution is 0.470. The number of rotatable bonds is 1. The maximum Gasteiger partial charge on any atom is 0.123 e. The van der Waals surface area contributed by atoms with Crippen molar-refractivity contribution >= 4 is 21.5 Å². The minimum atomic E-state index is 0.452. The Morgan fingerprint density at radius 1 is 1.44 bits per heavy atom. The van der Waals surface area contributed by atoms with E-state index in [2.05, 4.69) is 38.4 Å². The normalized spacial score (nSPS) is 26.3. The molecule has 1 aromatic heterocycles. The number of nitrogens with one attached hydrogen (secondary N) is 1. The number of allylic oxidation sites excluding steroid dienone is 1. The Morgan fingerprint density at radius 2 is 2.33 bits per heavy atom. The van der Waals surface area contributed by atoms with E-state index in [1.165, 1.54) is 18.4 Å². The van der Waals surface area contributed by atoms with E-state index >= 15 is 0 Å². The first-order chi connectivity index (χ1) is 8.79. The molecule has 1 aromatic rings. The summed E-state index contributed by atoms with van der Waals surface area (Å²) >= 11 is 3.30. The smallest absolute Gasteiger partial charge is 0.123 e. The van der Waals surface area contributed by atoms with E-state index in [1.54, 1.807) is 0 Å². The van der Waals surface area contributed by atoms with Crippen molar-refractivity contribution in [3.63, 3.8) is 0 Å². The van der Waals surface area contributed by atoms with Crippen molar-refractivity contribution in [3.8, 4) is 6.07 Å². The average molecular weight is 304 g/mol. The van der Waals surface area contributed by atoms with Gasteiger partial charge >= 0.3 is 0 Å². The lowest BCUT2D eigenvalue weighted by Crippen LogP contribution is -2.30. The molecule has 18 heavy (non-hydrogen) atoms. The van der Waals surface area contributed by atoms with Crippen LogP contribution in [0, 0.1) is 17.2 Å². The van der Waals surface area contributed by atoms with E-state index in [0.717, 1.165) is 24.4 Å². The minimum absolute atomic E-state index is 0.452. The minimum Gasteiger partial charge on any atom is -0.310 e. The van der Waals surface area contributed by atoms with E-state index in [4.69, 9.17) is 5.26 Å². The van der Waals surface area contributed by atoms with Crippen LogP contribution in [-0.2, 0) is 0 Å². The van der Waals surface area contributed by atoms with Gasteiger partial charge in [0.2, 0.25) is 0 Å². The van der Waals surface area contributed by atoms with Gasteiger partial charge in [-0.2, -0.15) is 5.26 Å². The maximum atomic E-state index is 9.07. The summed E-state index contributed by atoms with van der Waals surface area (Å²) in [6.45, 7) is 1.10. The van der Waals surface area contributed by atoms with Gasteiger partial charge in [0.05, 0.1) is 5.56 Å². The number of nitrogens with zero attached hydrogens (tertiary/aromatic N) is 2. The lowest BCUT2D eigenvalue weighted by atomic mass is 9.82. The van der Waals surface area contributed by atoms with Gasteiger partial charge in [-0.15, -0.1) is 0 Å². The van der Waals surface area contributed by atoms with E-state index in [1.807, 2.05) is 12.3 Å². The third-order valence-corrected chi connectivity index (χ3v) is 4.51. The molecule has 3 nitrogen and oxygen atoms in total. The van der Waals surface area contributed by atoms with Crippen LogP contribution >= 0.6 is 15.9 Å². The fraction of sp³-hybridized carbons (Fsp3) is 0.429. The van der Waals surface area contributed by atoms with Gasteiger partial charge < -0.3 is 5.32 Å². The first kappa shape index (κ1) is 11.9. The van der Waals surface area contributed by atoms with Crippen molar-refractivity contribution in [1.29, 1.82) is 5.26 Å². The summed E-state index contributed by atoms with van der Waals surface area (Å²) in [5.74, 6) is 0.749. The second-order valence-electron chi connectivity index (χ2n) is 4.89. The van der Waals surface area contributed by atoms with Crippen LogP contribution in [0.15, 0.2) is 22.9 Å². The van der Waals surface area contributed by atoms with Crippen molar-refractivity contribution in [2.24, 2.45) is 5.92 Å². The zero-order valence-corrected chi connectivity index (χ0v) is 11.6. The third-order valence-electron chi connectivity index (χ3n) is 3.88. The molecule has 0 spiro atoms. The monoisotopic (exact) mass is 303 g/mol. The maximum absolute atomic E-state index is 9.07. The standard InChI is InChI=1S/C14H14BrN3/c15-14-10(7-16)6-11(8-18-14)12-3-1-2-9-4-5-17-13(9)12/h3,6,8-9,13,17H,1-2,4-5H2/t9-,13+/m0/s1. The van der Waals surface area contributed by atoms with Gasteiger partial charge in [0.1, 0.15) is 10.7 Å². The highest BCUT2D eigenvalue weighted by atomic mass is 79.9. The number of aromatic nitrogens is 1. The van der Waals surface area contributed by atoms with Gasteiger partial charge in [0.25, 0.3) is 0 Å². The van der Waals surface area contributed by atoms with Crippen molar-refractivity contribution in [1.82, 2.24) is 10.3 Å². The van der Waals surface area contributed by atoms with Crippen molar-refractivity contribution < 1.29 is 0 Å². The molecular weight excluding hydrogens is 290 g/mol. The van der Waals surface area contributed by atoms with Gasteiger partial charge in [-0.1, -0.05) is 6.08 Å². The molecular formula is C14H14BrN3. The molecule has 2 atom stereocenters. The highest BCUT2D eigenvalue weighted by Gasteiger charge is 2.32. The van der Waals surface area contributed by atoms with Crippen LogP contribution in [0.25, 0.3) is 5.57 Å². The van der Waals surface area contributed by atoms with E-state index in [0.29, 0.717) is 16.2 Å². The Bertz CT molecular complexity index is 544. The van der Waals surface area contributed by atoms with E-state index in [-0.39, 0.29) is 0 Å². The highest BCUT2D eigenvalue weighted by Crippen LogP contribution is 2.36. The lowest BCUT2D eigenvalue weighted by Gasteiger charge is -2.27. The Morgan fingerprint density at radius 3 is 3.17 bits per heavy atom. The molecule has 1 N–H and O–H groups in total. The number of nitriles is 1. The molecule has 0 aromatic carbocycles. The summed E-state index contributed by atoms with van der Waals surface area (Å²) in [5.41, 5.74) is 3.01. The van der Waals surface area contributed by atoms with Gasteiger partial charge in [-0.3, -0.25) is 0 Å². The predicted octanol–water partition coefficient (Wildman–Crippen LogP) is 2.87. The van der Waals surface area contributed by atoms with Crippen molar-refractivity contribution in [3.05, 3.63) is 34.1 Å². The van der Waals surface area contributed by atoms with Crippen LogP contribution in [0.3, 0.4) is 0 Å². The zero-order valence-electron chi connectivity index (χ0n) is 9.99. The van der Waals surface area contributed by atoms with Gasteiger partial charge in [-0.25, -0.2) is 4.98 Å². The summed E-state index contributed by atoms with van der Waals surface area (Å²) in [4.78, 5) is 4.26. The SMILES string of the molecule is N#Cc1cc(C2=CCC[C@H]3CCN[C@@H]23)cnc1Br. The van der Waals surface area contributed by atoms with E-state index < -0.39 is 0 Å². The molecule has 1 saturated heterocycles. The van der Waals surface area contributed by atoms with Crippen LogP contribution in [0.4, 0.5) is 0 Å². The van der Waals surface area contributed by atoms with E-state index in [9.17, 15) is 0 Å². The molecule has 0 amide bonds. The summed E-state index contributed by atoms with van der Waals surface area (Å²) in [6, 6.07) is 4.57. The number of hydrogen-bond donors (Lipinski definition) is 1. The van der Waals surface area contributed by atoms with Gasteiger partial charge in [-0.05, 0) is 64.9 Å². The van der Waals surface area contributed by atoms with Crippen LogP contribution < -0.4 is 5.32 Å². The Kier molecular flexibility index (Phi) is 3.19. The predicted molar refractivity (Wildman–Crippen MR) is 73.8 cm³/mol. The third kappa shape index (κ3) is 1.98. The molecule has 3 rings (SSSR count). The van der Waals surface area contributed by atoms with Crippen LogP contribution in [0.5, 0.6) is 0 Å². The number of hydrogen-bond acceptors (Lipinski definition) is 3. The number of pyridine rings is 1. The number of halogens is 1. The second-order valence-corrected chi connectivity index (χ2v) is 5.64. The molecule has 2 heterocycles. The zero-order chi connectivity index (χ0) is 12.5. The Balaban J connectivity index is 1.99. The molecule has 1 aliphatic heterocycles. The molecule has 0 saturated carbocycles. The summed E-state index contributed by atoms with van der Waals surface area (Å²) in [7, 11) is 0. The molecule has 0 bridgehead atoms. The van der Waals surface area contributed by atoms with Gasteiger partial charge in [0.15, 0.2) is 0 Å². The second kappa shape index (κ2) is 4.83. The van der Waals surface area contributed by atoms with Crippen LogP contribution in [0.2, 0.25) is 0 Å². The summed E-state index contributed by atoms with van der Waals surface area (Å²) in [6.07, 6.45) is 7.83. The summed E-state index contributed by atoms with van der Waals surface area (Å²) in [5, 5.41) is 12.6. The number of fused-ring (bicyclic) bond motifs is 1. The molecule has 1 aliphatic carbocycles. The fourth-order valence-electron chi connectivity index (χ4n) is 2.99. The van der Waals surface area contributed by atoms with Crippen LogP contribution in [0.1, 0.15) is 30.4 Å². The Labute approximate surface area is 115 Å². The van der Waals surface area contributed by atoms with Crippen molar-refractivity contribution in [2.75, 3.05) is 6.54 Å².